The molecule has 1 aromatic carbocycles. The van der Waals surface area contributed by atoms with Gasteiger partial charge in [0.2, 0.25) is 0 Å². The molecule has 6 heteroatoms. The van der Waals surface area contributed by atoms with E-state index in [1.54, 1.807) is 19.1 Å². The van der Waals surface area contributed by atoms with Crippen LogP contribution in [0.15, 0.2) is 22.7 Å². The van der Waals surface area contributed by atoms with Crippen molar-refractivity contribution in [3.8, 4) is 5.75 Å². The number of carbonyl (C=O) groups is 1. The Hall–Kier alpha value is -1.14. The second kappa shape index (κ2) is 7.22. The van der Waals surface area contributed by atoms with Crippen LogP contribution < -0.4 is 15.8 Å². The lowest BCUT2D eigenvalue weighted by Crippen LogP contribution is -2.41. The van der Waals surface area contributed by atoms with Crippen molar-refractivity contribution < 1.29 is 9.53 Å². The van der Waals surface area contributed by atoms with Crippen LogP contribution in [0.3, 0.4) is 0 Å². The number of hydrogen-bond acceptors (Lipinski definition) is 3. The van der Waals surface area contributed by atoms with Crippen molar-refractivity contribution in [2.24, 2.45) is 5.73 Å². The van der Waals surface area contributed by atoms with E-state index in [2.05, 4.69) is 21.2 Å². The third kappa shape index (κ3) is 4.41. The topological polar surface area (TPSA) is 64.3 Å². The quantitative estimate of drug-likeness (QED) is 0.782. The highest BCUT2D eigenvalue weighted by atomic mass is 79.9. The van der Waals surface area contributed by atoms with Crippen LogP contribution in [0.1, 0.15) is 38.2 Å². The molecule has 114 valence electrons. The predicted molar refractivity (Wildman–Crippen MR) is 90.5 cm³/mol. The fourth-order valence-electron chi connectivity index (χ4n) is 2.43. The Balaban J connectivity index is 2.03. The lowest BCUT2D eigenvalue weighted by Gasteiger charge is -2.19. The molecule has 1 atom stereocenters. The Bertz CT molecular complexity index is 544. The molecular weight excluding hydrogens is 352 g/mol. The van der Waals surface area contributed by atoms with Gasteiger partial charge in [-0.15, -0.1) is 0 Å². The van der Waals surface area contributed by atoms with E-state index in [9.17, 15) is 4.79 Å². The molecule has 0 aliphatic heterocycles. The lowest BCUT2D eigenvalue weighted by atomic mass is 10.2. The van der Waals surface area contributed by atoms with Crippen LogP contribution in [0, 0.1) is 0 Å². The molecule has 0 spiro atoms. The highest BCUT2D eigenvalue weighted by Crippen LogP contribution is 2.24. The molecule has 0 aromatic heterocycles. The summed E-state index contributed by atoms with van der Waals surface area (Å²) >= 11 is 8.39. The highest BCUT2D eigenvalue weighted by Gasteiger charge is 2.22. The highest BCUT2D eigenvalue weighted by molar-refractivity contribution is 9.10. The van der Waals surface area contributed by atoms with E-state index in [0.717, 1.165) is 17.3 Å². The zero-order chi connectivity index (χ0) is 15.4. The third-order valence-corrected chi connectivity index (χ3v) is 4.29. The third-order valence-electron chi connectivity index (χ3n) is 3.58. The number of halogens is 1. The minimum Gasteiger partial charge on any atom is -0.480 e. The second-order valence-electron chi connectivity index (χ2n) is 5.25. The van der Waals surface area contributed by atoms with Crippen LogP contribution in [-0.4, -0.2) is 23.0 Å². The normalized spacial score (nSPS) is 16.5. The molecule has 1 saturated carbocycles. The molecule has 1 aromatic rings. The van der Waals surface area contributed by atoms with Crippen LogP contribution in [0.25, 0.3) is 0 Å². The summed E-state index contributed by atoms with van der Waals surface area (Å²) in [6, 6.07) is 5.67. The first kappa shape index (κ1) is 16.2. The molecule has 1 aliphatic rings. The van der Waals surface area contributed by atoms with Gasteiger partial charge in [0.05, 0.1) is 5.56 Å². The molecule has 1 fully saturated rings. The summed E-state index contributed by atoms with van der Waals surface area (Å²) in [5, 5.41) is 3.02. The van der Waals surface area contributed by atoms with E-state index in [4.69, 9.17) is 22.7 Å². The summed E-state index contributed by atoms with van der Waals surface area (Å²) in [6.45, 7) is 1.73. The van der Waals surface area contributed by atoms with Crippen molar-refractivity contribution in [1.29, 1.82) is 0 Å². The largest absolute Gasteiger partial charge is 0.480 e. The summed E-state index contributed by atoms with van der Waals surface area (Å²) in [7, 11) is 0. The number of benzene rings is 1. The van der Waals surface area contributed by atoms with Crippen LogP contribution >= 0.6 is 28.1 Å². The Morgan fingerprint density at radius 1 is 1.48 bits per heavy atom. The summed E-state index contributed by atoms with van der Waals surface area (Å²) < 4.78 is 6.60. The van der Waals surface area contributed by atoms with Crippen molar-refractivity contribution in [2.75, 3.05) is 0 Å². The van der Waals surface area contributed by atoms with Crippen molar-refractivity contribution in [3.63, 3.8) is 0 Å². The molecule has 4 nitrogen and oxygen atoms in total. The first-order valence-corrected chi connectivity index (χ1v) is 8.24. The molecule has 0 heterocycles. The van der Waals surface area contributed by atoms with Crippen molar-refractivity contribution in [1.82, 2.24) is 5.32 Å². The molecule has 0 saturated heterocycles. The summed E-state index contributed by atoms with van der Waals surface area (Å²) in [6.07, 6.45) is 3.88. The zero-order valence-corrected chi connectivity index (χ0v) is 14.3. The predicted octanol–water partition coefficient (Wildman–Crippen LogP) is 2.91. The van der Waals surface area contributed by atoms with Crippen LogP contribution in [-0.2, 0) is 4.79 Å². The SMILES string of the molecule is CC(Oc1ccc(Br)cc1C(N)=S)C(=O)NC1CCCC1. The smallest absolute Gasteiger partial charge is 0.260 e. The number of thiocarbonyl (C=S) groups is 1. The van der Waals surface area contributed by atoms with Gasteiger partial charge >= 0.3 is 0 Å². The Labute approximate surface area is 138 Å². The van der Waals surface area contributed by atoms with Gasteiger partial charge in [0, 0.05) is 10.5 Å². The first-order valence-electron chi connectivity index (χ1n) is 7.03. The molecule has 2 rings (SSSR count). The van der Waals surface area contributed by atoms with Gasteiger partial charge in [0.1, 0.15) is 10.7 Å². The number of rotatable bonds is 5. The average molecular weight is 371 g/mol. The van der Waals surface area contributed by atoms with Crippen molar-refractivity contribution in [3.05, 3.63) is 28.2 Å². The minimum atomic E-state index is -0.583. The van der Waals surface area contributed by atoms with Crippen LogP contribution in [0.5, 0.6) is 5.75 Å². The van der Waals surface area contributed by atoms with Crippen molar-refractivity contribution in [2.45, 2.75) is 44.8 Å². The molecule has 21 heavy (non-hydrogen) atoms. The molecule has 0 radical (unpaired) electrons. The average Bonchev–Trinajstić information content (AvgIpc) is 2.93. The number of carbonyl (C=O) groups excluding carboxylic acids is 1. The van der Waals surface area contributed by atoms with E-state index in [0.29, 0.717) is 11.3 Å². The summed E-state index contributed by atoms with van der Waals surface area (Å²) in [4.78, 5) is 12.4. The Kier molecular flexibility index (Phi) is 5.58. The van der Waals surface area contributed by atoms with Crippen LogP contribution in [0.4, 0.5) is 0 Å². The standard InChI is InChI=1S/C15H19BrN2O2S/c1-9(15(19)18-11-4-2-3-5-11)20-13-7-6-10(16)8-12(13)14(17)21/h6-9,11H,2-5H2,1H3,(H2,17,21)(H,18,19). The number of amides is 1. The molecule has 1 aliphatic carbocycles. The number of nitrogens with two attached hydrogens (primary N) is 1. The van der Waals surface area contributed by atoms with Gasteiger partial charge in [-0.05, 0) is 38.0 Å². The van der Waals surface area contributed by atoms with E-state index in [-0.39, 0.29) is 16.9 Å². The fourth-order valence-corrected chi connectivity index (χ4v) is 2.95. The maximum absolute atomic E-state index is 12.1. The Morgan fingerprint density at radius 3 is 2.76 bits per heavy atom. The minimum absolute atomic E-state index is 0.0984. The fraction of sp³-hybridized carbons (Fsp3) is 0.467. The first-order chi connectivity index (χ1) is 9.97. The summed E-state index contributed by atoms with van der Waals surface area (Å²) in [5.74, 6) is 0.429. The molecule has 1 unspecified atom stereocenters. The van der Waals surface area contributed by atoms with Gasteiger partial charge in [-0.3, -0.25) is 4.79 Å². The van der Waals surface area contributed by atoms with E-state index in [1.807, 2.05) is 6.07 Å². The molecule has 0 bridgehead atoms. The van der Waals surface area contributed by atoms with Crippen molar-refractivity contribution >= 4 is 39.0 Å². The summed E-state index contributed by atoms with van der Waals surface area (Å²) in [5.41, 5.74) is 6.32. The van der Waals surface area contributed by atoms with E-state index < -0.39 is 6.10 Å². The zero-order valence-electron chi connectivity index (χ0n) is 11.9. The Morgan fingerprint density at radius 2 is 2.14 bits per heavy atom. The molecule has 1 amide bonds. The molecule has 3 N–H and O–H groups in total. The lowest BCUT2D eigenvalue weighted by molar-refractivity contribution is -0.127. The van der Waals surface area contributed by atoms with E-state index in [1.165, 1.54) is 12.8 Å². The monoisotopic (exact) mass is 370 g/mol. The number of ether oxygens (including phenoxy) is 1. The molecular formula is C15H19BrN2O2S. The van der Waals surface area contributed by atoms with Gasteiger partial charge in [0.15, 0.2) is 6.10 Å². The van der Waals surface area contributed by atoms with Gasteiger partial charge in [-0.2, -0.15) is 0 Å². The number of hydrogen-bond donors (Lipinski definition) is 2. The number of nitrogens with one attached hydrogen (secondary N) is 1. The van der Waals surface area contributed by atoms with Gasteiger partial charge in [-0.1, -0.05) is 41.0 Å². The maximum Gasteiger partial charge on any atom is 0.260 e. The van der Waals surface area contributed by atoms with E-state index >= 15 is 0 Å². The second-order valence-corrected chi connectivity index (χ2v) is 6.61. The van der Waals surface area contributed by atoms with Gasteiger partial charge in [-0.25, -0.2) is 0 Å². The van der Waals surface area contributed by atoms with Gasteiger partial charge in [0.25, 0.3) is 5.91 Å². The maximum atomic E-state index is 12.1. The van der Waals surface area contributed by atoms with Crippen LogP contribution in [0.2, 0.25) is 0 Å². The van der Waals surface area contributed by atoms with Gasteiger partial charge < -0.3 is 15.8 Å².